The van der Waals surface area contributed by atoms with Gasteiger partial charge >= 0.3 is 29.8 Å². The van der Waals surface area contributed by atoms with E-state index < -0.39 is 54.0 Å². The molecular formula is C14H20F2O8. The number of halogens is 2. The Hall–Kier alpha value is -2.10. The van der Waals surface area contributed by atoms with Crippen LogP contribution in [0.25, 0.3) is 0 Å². The Morgan fingerprint density at radius 3 is 1.88 bits per heavy atom. The fraction of sp³-hybridized carbons (Fsp3) is 0.714. The maximum Gasteiger partial charge on any atom is 0.388 e. The first-order valence-corrected chi connectivity index (χ1v) is 6.82. The van der Waals surface area contributed by atoms with E-state index in [1.807, 2.05) is 0 Å². The molecule has 2 atom stereocenters. The van der Waals surface area contributed by atoms with Crippen molar-refractivity contribution in [3.8, 4) is 0 Å². The molecule has 0 heterocycles. The average Bonchev–Trinajstić information content (AvgIpc) is 2.40. The minimum absolute atomic E-state index is 0.771. The Morgan fingerprint density at radius 1 is 1.00 bits per heavy atom. The molecule has 10 heteroatoms. The Kier molecular flexibility index (Phi) is 7.42. The van der Waals surface area contributed by atoms with Crippen LogP contribution < -0.4 is 0 Å². The van der Waals surface area contributed by atoms with Crippen LogP contribution >= 0.6 is 0 Å². The summed E-state index contributed by atoms with van der Waals surface area (Å²) in [4.78, 5) is 44.7. The van der Waals surface area contributed by atoms with E-state index in [0.717, 1.165) is 13.8 Å². The SMILES string of the molecule is CC(=O)OC[C@@H](O)[C@@H](OC(C)=O)C(F)(F)C(=O)OC(=O)C(C)(C)C. The summed E-state index contributed by atoms with van der Waals surface area (Å²) in [5.41, 5.74) is -1.24. The van der Waals surface area contributed by atoms with Gasteiger partial charge in [0.05, 0.1) is 5.41 Å². The first kappa shape index (κ1) is 21.9. The van der Waals surface area contributed by atoms with Crippen molar-refractivity contribution in [2.24, 2.45) is 5.41 Å². The van der Waals surface area contributed by atoms with Crippen LogP contribution in [0.15, 0.2) is 0 Å². The molecule has 0 aromatic rings. The van der Waals surface area contributed by atoms with Crippen LogP contribution in [-0.2, 0) is 33.4 Å². The quantitative estimate of drug-likeness (QED) is 0.419. The maximum atomic E-state index is 14.2. The Bertz CT molecular complexity index is 509. The average molecular weight is 354 g/mol. The predicted octanol–water partition coefficient (Wildman–Crippen LogP) is 0.593. The van der Waals surface area contributed by atoms with E-state index in [0.29, 0.717) is 0 Å². The van der Waals surface area contributed by atoms with E-state index in [-0.39, 0.29) is 0 Å². The zero-order valence-electron chi connectivity index (χ0n) is 13.9. The molecular weight excluding hydrogens is 334 g/mol. The molecule has 24 heavy (non-hydrogen) atoms. The van der Waals surface area contributed by atoms with Crippen molar-refractivity contribution in [1.29, 1.82) is 0 Å². The summed E-state index contributed by atoms with van der Waals surface area (Å²) in [6, 6.07) is 0. The zero-order valence-corrected chi connectivity index (χ0v) is 13.9. The second-order valence-corrected chi connectivity index (χ2v) is 5.95. The summed E-state index contributed by atoms with van der Waals surface area (Å²) in [6.45, 7) is 4.78. The van der Waals surface area contributed by atoms with E-state index in [2.05, 4.69) is 14.2 Å². The summed E-state index contributed by atoms with van der Waals surface area (Å²) in [6.07, 6.45) is -4.92. The van der Waals surface area contributed by atoms with Crippen molar-refractivity contribution in [1.82, 2.24) is 0 Å². The van der Waals surface area contributed by atoms with Crippen LogP contribution in [0.5, 0.6) is 0 Å². The highest BCUT2D eigenvalue weighted by atomic mass is 19.3. The number of carbonyl (C=O) groups is 4. The Balaban J connectivity index is 5.33. The molecule has 0 aromatic heterocycles. The summed E-state index contributed by atoms with van der Waals surface area (Å²) >= 11 is 0. The molecule has 0 amide bonds. The van der Waals surface area contributed by atoms with Crippen LogP contribution in [0.1, 0.15) is 34.6 Å². The highest BCUT2D eigenvalue weighted by Gasteiger charge is 2.56. The number of rotatable bonds is 6. The Morgan fingerprint density at radius 2 is 1.50 bits per heavy atom. The monoisotopic (exact) mass is 354 g/mol. The highest BCUT2D eigenvalue weighted by molar-refractivity contribution is 5.92. The number of ether oxygens (including phenoxy) is 3. The fourth-order valence-corrected chi connectivity index (χ4v) is 1.28. The summed E-state index contributed by atoms with van der Waals surface area (Å²) in [5, 5.41) is 9.66. The number of carbonyl (C=O) groups excluding carboxylic acids is 4. The fourth-order valence-electron chi connectivity index (χ4n) is 1.28. The predicted molar refractivity (Wildman–Crippen MR) is 73.7 cm³/mol. The van der Waals surface area contributed by atoms with Gasteiger partial charge in [-0.25, -0.2) is 4.79 Å². The van der Waals surface area contributed by atoms with Crippen molar-refractivity contribution in [2.45, 2.75) is 52.7 Å². The highest BCUT2D eigenvalue weighted by Crippen LogP contribution is 2.28. The minimum Gasteiger partial charge on any atom is -0.463 e. The smallest absolute Gasteiger partial charge is 0.388 e. The van der Waals surface area contributed by atoms with E-state index in [1.54, 1.807) is 0 Å². The molecule has 0 rings (SSSR count). The van der Waals surface area contributed by atoms with Crippen molar-refractivity contribution < 1.29 is 47.3 Å². The molecule has 0 unspecified atom stereocenters. The largest absolute Gasteiger partial charge is 0.463 e. The van der Waals surface area contributed by atoms with Gasteiger partial charge in [-0.1, -0.05) is 0 Å². The third kappa shape index (κ3) is 6.57. The second kappa shape index (κ2) is 8.13. The molecule has 138 valence electrons. The maximum absolute atomic E-state index is 14.2. The molecule has 0 aliphatic carbocycles. The van der Waals surface area contributed by atoms with Gasteiger partial charge in [-0.3, -0.25) is 14.4 Å². The molecule has 0 fully saturated rings. The molecule has 0 bridgehead atoms. The minimum atomic E-state index is -4.55. The lowest BCUT2D eigenvalue weighted by Crippen LogP contribution is -2.53. The number of hydrogen-bond donors (Lipinski definition) is 1. The molecule has 0 radical (unpaired) electrons. The van der Waals surface area contributed by atoms with Crippen LogP contribution in [-0.4, -0.2) is 53.7 Å². The third-order valence-corrected chi connectivity index (χ3v) is 2.53. The van der Waals surface area contributed by atoms with Gasteiger partial charge in [0.25, 0.3) is 0 Å². The number of hydrogen-bond acceptors (Lipinski definition) is 8. The number of esters is 4. The normalized spacial score (nSPS) is 14.3. The summed E-state index contributed by atoms with van der Waals surface area (Å²) in [5.74, 6) is -10.2. The molecule has 8 nitrogen and oxygen atoms in total. The molecule has 0 aromatic carbocycles. The molecule has 0 aliphatic heterocycles. The third-order valence-electron chi connectivity index (χ3n) is 2.53. The van der Waals surface area contributed by atoms with E-state index in [4.69, 9.17) is 0 Å². The lowest BCUT2D eigenvalue weighted by atomic mass is 9.97. The lowest BCUT2D eigenvalue weighted by molar-refractivity contribution is -0.215. The molecule has 1 N–H and O–H groups in total. The van der Waals surface area contributed by atoms with Crippen molar-refractivity contribution in [3.63, 3.8) is 0 Å². The molecule has 0 saturated heterocycles. The second-order valence-electron chi connectivity index (χ2n) is 5.95. The number of aliphatic hydroxyl groups excluding tert-OH is 1. The Labute approximate surface area is 137 Å². The molecule has 0 spiro atoms. The lowest BCUT2D eigenvalue weighted by Gasteiger charge is -2.28. The molecule has 0 saturated carbocycles. The van der Waals surface area contributed by atoms with E-state index in [9.17, 15) is 33.1 Å². The first-order chi connectivity index (χ1) is 10.7. The van der Waals surface area contributed by atoms with Crippen molar-refractivity contribution >= 4 is 23.9 Å². The molecule has 0 aliphatic rings. The van der Waals surface area contributed by atoms with Crippen LogP contribution in [0.2, 0.25) is 0 Å². The van der Waals surface area contributed by atoms with E-state index in [1.165, 1.54) is 20.8 Å². The topological polar surface area (TPSA) is 116 Å². The van der Waals surface area contributed by atoms with Gasteiger partial charge in [-0.05, 0) is 20.8 Å². The van der Waals surface area contributed by atoms with Crippen LogP contribution in [0.3, 0.4) is 0 Å². The van der Waals surface area contributed by atoms with Gasteiger partial charge < -0.3 is 19.3 Å². The van der Waals surface area contributed by atoms with Gasteiger partial charge in [0.1, 0.15) is 12.7 Å². The van der Waals surface area contributed by atoms with Crippen LogP contribution in [0, 0.1) is 5.41 Å². The van der Waals surface area contributed by atoms with Crippen LogP contribution in [0.4, 0.5) is 8.78 Å². The first-order valence-electron chi connectivity index (χ1n) is 6.82. The van der Waals surface area contributed by atoms with Gasteiger partial charge in [-0.2, -0.15) is 8.78 Å². The summed E-state index contributed by atoms with van der Waals surface area (Å²) < 4.78 is 41.0. The van der Waals surface area contributed by atoms with Gasteiger partial charge in [-0.15, -0.1) is 0 Å². The van der Waals surface area contributed by atoms with Gasteiger partial charge in [0.2, 0.25) is 6.10 Å². The standard InChI is InChI=1S/C14H20F2O8/c1-7(17)22-6-9(19)10(23-8(2)18)14(15,16)12(21)24-11(20)13(3,4)5/h9-10,19H,6H2,1-5H3/t9-,10-/m1/s1. The number of aliphatic hydroxyl groups is 1. The van der Waals surface area contributed by atoms with Gasteiger partial charge in [0, 0.05) is 13.8 Å². The van der Waals surface area contributed by atoms with Crippen molar-refractivity contribution in [3.05, 3.63) is 0 Å². The van der Waals surface area contributed by atoms with Crippen molar-refractivity contribution in [2.75, 3.05) is 6.61 Å². The zero-order chi connectivity index (χ0) is 19.3. The van der Waals surface area contributed by atoms with E-state index >= 15 is 0 Å². The number of alkyl halides is 2. The van der Waals surface area contributed by atoms with Gasteiger partial charge in [0.15, 0.2) is 0 Å². The summed E-state index contributed by atoms with van der Waals surface area (Å²) in [7, 11) is 0.